The molecule has 0 aliphatic carbocycles. The largest absolute Gasteiger partial charge is 0.459 e. The smallest absolute Gasteiger partial charge is 0.289 e. The van der Waals surface area contributed by atoms with E-state index in [1.807, 2.05) is 16.7 Å². The average Bonchev–Trinajstić information content (AvgIpc) is 3.37. The van der Waals surface area contributed by atoms with Crippen LogP contribution in [0.2, 0.25) is 0 Å². The van der Waals surface area contributed by atoms with Gasteiger partial charge in [0.15, 0.2) is 11.7 Å². The molecule has 27 heavy (non-hydrogen) atoms. The minimum Gasteiger partial charge on any atom is -0.459 e. The van der Waals surface area contributed by atoms with Crippen LogP contribution in [0.1, 0.15) is 23.9 Å². The maximum absolute atomic E-state index is 12.4. The third-order valence-corrected chi connectivity index (χ3v) is 6.72. The molecule has 3 rings (SSSR count). The molecule has 3 heterocycles. The van der Waals surface area contributed by atoms with Crippen LogP contribution in [0.4, 0.5) is 0 Å². The summed E-state index contributed by atoms with van der Waals surface area (Å²) in [6, 6.07) is 3.47. The fraction of sp³-hybridized carbons (Fsp3) is 0.684. The Morgan fingerprint density at radius 2 is 2.07 bits per heavy atom. The van der Waals surface area contributed by atoms with Crippen molar-refractivity contribution in [2.24, 2.45) is 4.99 Å². The van der Waals surface area contributed by atoms with E-state index in [1.165, 1.54) is 12.2 Å². The number of amides is 1. The van der Waals surface area contributed by atoms with Crippen LogP contribution in [0.25, 0.3) is 0 Å². The molecule has 1 unspecified atom stereocenters. The van der Waals surface area contributed by atoms with Crippen LogP contribution in [0.3, 0.4) is 0 Å². The lowest BCUT2D eigenvalue weighted by atomic mass is 9.98. The quantitative estimate of drug-likeness (QED) is 0.603. The molecule has 7 nitrogen and oxygen atoms in total. The maximum Gasteiger partial charge on any atom is 0.289 e. The Morgan fingerprint density at radius 3 is 2.63 bits per heavy atom. The average molecular weight is 394 g/mol. The van der Waals surface area contributed by atoms with Gasteiger partial charge in [0.2, 0.25) is 0 Å². The Bertz CT molecular complexity index is 633. The van der Waals surface area contributed by atoms with Crippen molar-refractivity contribution in [1.29, 1.82) is 0 Å². The van der Waals surface area contributed by atoms with Gasteiger partial charge in [-0.3, -0.25) is 9.79 Å². The number of carbonyl (C=O) groups is 1. The molecule has 2 fully saturated rings. The topological polar surface area (TPSA) is 64.3 Å². The fourth-order valence-corrected chi connectivity index (χ4v) is 5.08. The van der Waals surface area contributed by atoms with E-state index in [2.05, 4.69) is 36.1 Å². The van der Waals surface area contributed by atoms with Crippen molar-refractivity contribution >= 4 is 23.6 Å². The molecular formula is C19H31N5O2S. The van der Waals surface area contributed by atoms with Crippen molar-refractivity contribution in [2.45, 2.75) is 18.9 Å². The molecule has 0 spiro atoms. The molecule has 1 amide bonds. The van der Waals surface area contributed by atoms with E-state index in [4.69, 9.17) is 9.41 Å². The minimum atomic E-state index is -0.0314. The van der Waals surface area contributed by atoms with Gasteiger partial charge in [-0.15, -0.1) is 0 Å². The summed E-state index contributed by atoms with van der Waals surface area (Å²) in [5.41, 5.74) is 0.155. The molecule has 1 aromatic heterocycles. The van der Waals surface area contributed by atoms with Crippen LogP contribution in [-0.4, -0.2) is 97.0 Å². The number of furan rings is 1. The summed E-state index contributed by atoms with van der Waals surface area (Å²) in [6.45, 7) is 6.66. The highest BCUT2D eigenvalue weighted by Crippen LogP contribution is 2.32. The van der Waals surface area contributed by atoms with E-state index in [-0.39, 0.29) is 11.4 Å². The number of hydrogen-bond donors (Lipinski definition) is 1. The first-order chi connectivity index (χ1) is 13.1. The van der Waals surface area contributed by atoms with Gasteiger partial charge in [0.05, 0.1) is 12.8 Å². The number of piperazine rings is 1. The van der Waals surface area contributed by atoms with Gasteiger partial charge in [0, 0.05) is 44.0 Å². The number of aliphatic imine (C=N–C) groups is 1. The number of carbonyl (C=O) groups excluding carboxylic acids is 1. The lowest BCUT2D eigenvalue weighted by Crippen LogP contribution is -2.54. The van der Waals surface area contributed by atoms with Crippen LogP contribution in [0.5, 0.6) is 0 Å². The molecule has 0 radical (unpaired) electrons. The maximum atomic E-state index is 12.4. The predicted octanol–water partition coefficient (Wildman–Crippen LogP) is 1.44. The van der Waals surface area contributed by atoms with E-state index in [0.717, 1.165) is 37.9 Å². The highest BCUT2D eigenvalue weighted by molar-refractivity contribution is 7.99. The first-order valence-electron chi connectivity index (χ1n) is 9.67. The zero-order valence-corrected chi connectivity index (χ0v) is 17.4. The highest BCUT2D eigenvalue weighted by atomic mass is 32.2. The number of hydrogen-bond acceptors (Lipinski definition) is 5. The van der Waals surface area contributed by atoms with E-state index in [9.17, 15) is 4.79 Å². The monoisotopic (exact) mass is 393 g/mol. The number of rotatable bonds is 5. The predicted molar refractivity (Wildman–Crippen MR) is 111 cm³/mol. The van der Waals surface area contributed by atoms with Crippen LogP contribution in [0, 0.1) is 0 Å². The van der Waals surface area contributed by atoms with Crippen molar-refractivity contribution in [3.8, 4) is 0 Å². The van der Waals surface area contributed by atoms with Crippen molar-refractivity contribution < 1.29 is 9.21 Å². The van der Waals surface area contributed by atoms with Gasteiger partial charge in [0.1, 0.15) is 0 Å². The third kappa shape index (κ3) is 4.60. The van der Waals surface area contributed by atoms with Gasteiger partial charge in [-0.05, 0) is 45.3 Å². The second kappa shape index (κ2) is 9.01. The van der Waals surface area contributed by atoms with Gasteiger partial charge < -0.3 is 24.4 Å². The SMILES string of the molecule is CCNC(=NCC1(N(C)C)CCSC1)N1CCN(C(=O)c2ccco2)CC1. The highest BCUT2D eigenvalue weighted by Gasteiger charge is 2.36. The number of thioether (sulfide) groups is 1. The van der Waals surface area contributed by atoms with Gasteiger partial charge in [-0.2, -0.15) is 11.8 Å². The molecule has 2 aliphatic rings. The molecular weight excluding hydrogens is 362 g/mol. The molecule has 1 N–H and O–H groups in total. The molecule has 2 aliphatic heterocycles. The lowest BCUT2D eigenvalue weighted by molar-refractivity contribution is 0.0657. The summed E-state index contributed by atoms with van der Waals surface area (Å²) in [7, 11) is 4.32. The Labute approximate surface area is 166 Å². The van der Waals surface area contributed by atoms with Crippen LogP contribution in [0.15, 0.2) is 27.8 Å². The van der Waals surface area contributed by atoms with Crippen molar-refractivity contribution in [3.63, 3.8) is 0 Å². The van der Waals surface area contributed by atoms with Crippen LogP contribution < -0.4 is 5.32 Å². The number of nitrogens with one attached hydrogen (secondary N) is 1. The third-order valence-electron chi connectivity index (χ3n) is 5.49. The summed E-state index contributed by atoms with van der Waals surface area (Å²) in [5, 5.41) is 3.43. The van der Waals surface area contributed by atoms with Gasteiger partial charge in [-0.25, -0.2) is 0 Å². The normalized spacial score (nSPS) is 23.9. The van der Waals surface area contributed by atoms with Crippen molar-refractivity contribution in [3.05, 3.63) is 24.2 Å². The standard InChI is InChI=1S/C19H31N5O2S/c1-4-20-18(21-14-19(22(2)3)7-13-27-15-19)24-10-8-23(9-11-24)17(25)16-6-5-12-26-16/h5-6,12H,4,7-11,13-15H2,1-3H3,(H,20,21). The number of nitrogens with zero attached hydrogens (tertiary/aromatic N) is 4. The van der Waals surface area contributed by atoms with Crippen LogP contribution >= 0.6 is 11.8 Å². The molecule has 0 saturated carbocycles. The first kappa shape index (κ1) is 20.1. The van der Waals surface area contributed by atoms with E-state index in [0.29, 0.717) is 18.8 Å². The summed E-state index contributed by atoms with van der Waals surface area (Å²) in [4.78, 5) is 23.9. The zero-order chi connectivity index (χ0) is 19.3. The van der Waals surface area contributed by atoms with Crippen molar-refractivity contribution in [2.75, 3.05) is 64.9 Å². The minimum absolute atomic E-state index is 0.0314. The molecule has 0 aromatic carbocycles. The molecule has 0 bridgehead atoms. The van der Waals surface area contributed by atoms with Crippen molar-refractivity contribution in [1.82, 2.24) is 20.0 Å². The summed E-state index contributed by atoms with van der Waals surface area (Å²) in [6.07, 6.45) is 2.72. The lowest BCUT2D eigenvalue weighted by Gasteiger charge is -2.38. The summed E-state index contributed by atoms with van der Waals surface area (Å²) < 4.78 is 5.24. The Kier molecular flexibility index (Phi) is 6.70. The van der Waals surface area contributed by atoms with E-state index in [1.54, 1.807) is 18.4 Å². The van der Waals surface area contributed by atoms with Gasteiger partial charge in [-0.1, -0.05) is 0 Å². The second-order valence-electron chi connectivity index (χ2n) is 7.35. The molecule has 1 atom stereocenters. The summed E-state index contributed by atoms with van der Waals surface area (Å²) in [5.74, 6) is 3.68. The Hall–Kier alpha value is -1.67. The molecule has 2 saturated heterocycles. The van der Waals surface area contributed by atoms with Gasteiger partial charge in [0.25, 0.3) is 5.91 Å². The number of likely N-dealkylation sites (N-methyl/N-ethyl adjacent to an activating group) is 1. The second-order valence-corrected chi connectivity index (χ2v) is 8.45. The Morgan fingerprint density at radius 1 is 1.33 bits per heavy atom. The van der Waals surface area contributed by atoms with Crippen LogP contribution in [-0.2, 0) is 0 Å². The molecule has 8 heteroatoms. The number of guanidine groups is 1. The fourth-order valence-electron chi connectivity index (χ4n) is 3.54. The zero-order valence-electron chi connectivity index (χ0n) is 16.6. The molecule has 150 valence electrons. The van der Waals surface area contributed by atoms with E-state index < -0.39 is 0 Å². The summed E-state index contributed by atoms with van der Waals surface area (Å²) >= 11 is 2.01. The van der Waals surface area contributed by atoms with Gasteiger partial charge >= 0.3 is 0 Å². The first-order valence-corrected chi connectivity index (χ1v) is 10.8. The Balaban J connectivity index is 1.61. The molecule has 1 aromatic rings. The van der Waals surface area contributed by atoms with E-state index >= 15 is 0 Å².